The summed E-state index contributed by atoms with van der Waals surface area (Å²) in [6, 6.07) is 10.1. The van der Waals surface area contributed by atoms with Gasteiger partial charge in [0.2, 0.25) is 0 Å². The maximum absolute atomic E-state index is 5.91. The Morgan fingerprint density at radius 2 is 2.21 bits per heavy atom. The molecule has 1 aromatic carbocycles. The van der Waals surface area contributed by atoms with E-state index in [-0.39, 0.29) is 6.04 Å². The van der Waals surface area contributed by atoms with E-state index in [0.717, 1.165) is 11.2 Å². The van der Waals surface area contributed by atoms with Gasteiger partial charge in [-0.2, -0.15) is 0 Å². The van der Waals surface area contributed by atoms with E-state index in [0.29, 0.717) is 6.61 Å². The van der Waals surface area contributed by atoms with Gasteiger partial charge >= 0.3 is 0 Å². The largest absolute Gasteiger partial charge is 0.383 e. The second-order valence-corrected chi connectivity index (χ2v) is 3.37. The molecule has 0 aliphatic heterocycles. The van der Waals surface area contributed by atoms with Gasteiger partial charge in [0.1, 0.15) is 0 Å². The summed E-state index contributed by atoms with van der Waals surface area (Å²) in [6.45, 7) is 0.535. The van der Waals surface area contributed by atoms with E-state index >= 15 is 0 Å². The number of methoxy groups -OCH3 is 1. The molecule has 0 fully saturated rings. The number of nitrogens with two attached hydrogens (primary N) is 1. The highest BCUT2D eigenvalue weighted by atomic mass is 16.5. The molecule has 0 bridgehead atoms. The third-order valence-corrected chi connectivity index (χ3v) is 2.30. The zero-order chi connectivity index (χ0) is 9.97. The molecule has 0 saturated carbocycles. The zero-order valence-electron chi connectivity index (χ0n) is 8.16. The molecule has 2 aromatic rings. The van der Waals surface area contributed by atoms with Gasteiger partial charge in [0.15, 0.2) is 0 Å². The van der Waals surface area contributed by atoms with E-state index in [1.54, 1.807) is 7.11 Å². The van der Waals surface area contributed by atoms with Crippen LogP contribution in [0.2, 0.25) is 0 Å². The number of hydrogen-bond acceptors (Lipinski definition) is 2. The van der Waals surface area contributed by atoms with E-state index < -0.39 is 0 Å². The van der Waals surface area contributed by atoms with Crippen LogP contribution in [-0.4, -0.2) is 18.7 Å². The lowest BCUT2D eigenvalue weighted by Crippen LogP contribution is -2.16. The molecule has 2 rings (SSSR count). The van der Waals surface area contributed by atoms with Gasteiger partial charge < -0.3 is 15.5 Å². The summed E-state index contributed by atoms with van der Waals surface area (Å²) >= 11 is 0. The maximum atomic E-state index is 5.91. The van der Waals surface area contributed by atoms with Crippen LogP contribution in [0.15, 0.2) is 30.3 Å². The first kappa shape index (κ1) is 9.24. The Hall–Kier alpha value is -1.32. The molecule has 3 heteroatoms. The molecule has 1 atom stereocenters. The highest BCUT2D eigenvalue weighted by Gasteiger charge is 2.08. The maximum Gasteiger partial charge on any atom is 0.0685 e. The predicted octanol–water partition coefficient (Wildman–Crippen LogP) is 1.81. The summed E-state index contributed by atoms with van der Waals surface area (Å²) in [7, 11) is 1.66. The molecule has 0 saturated heterocycles. The average molecular weight is 190 g/mol. The average Bonchev–Trinajstić information content (AvgIpc) is 2.61. The third-order valence-electron chi connectivity index (χ3n) is 2.30. The molecule has 3 N–H and O–H groups in total. The van der Waals surface area contributed by atoms with Gasteiger partial charge in [-0.1, -0.05) is 18.2 Å². The van der Waals surface area contributed by atoms with Crippen molar-refractivity contribution >= 4 is 10.9 Å². The van der Waals surface area contributed by atoms with Crippen LogP contribution in [0.4, 0.5) is 0 Å². The van der Waals surface area contributed by atoms with Crippen LogP contribution in [0.3, 0.4) is 0 Å². The lowest BCUT2D eigenvalue weighted by molar-refractivity contribution is 0.180. The lowest BCUT2D eigenvalue weighted by Gasteiger charge is -2.06. The number of nitrogens with one attached hydrogen (secondary N) is 1. The number of para-hydroxylation sites is 1. The summed E-state index contributed by atoms with van der Waals surface area (Å²) in [5.74, 6) is 0. The first-order valence-electron chi connectivity index (χ1n) is 4.63. The Morgan fingerprint density at radius 1 is 1.43 bits per heavy atom. The standard InChI is InChI=1S/C11H14N2O/c1-14-7-9(12)11-6-8-4-2-3-5-10(8)13-11/h2-6,9,13H,7,12H2,1H3. The Labute approximate surface area is 82.9 Å². The highest BCUT2D eigenvalue weighted by molar-refractivity contribution is 5.80. The van der Waals surface area contributed by atoms with Crippen LogP contribution >= 0.6 is 0 Å². The van der Waals surface area contributed by atoms with Crippen LogP contribution in [0.5, 0.6) is 0 Å². The van der Waals surface area contributed by atoms with E-state index in [9.17, 15) is 0 Å². The summed E-state index contributed by atoms with van der Waals surface area (Å²) in [5, 5.41) is 1.19. The molecule has 0 aliphatic carbocycles. The monoisotopic (exact) mass is 190 g/mol. The molecule has 0 amide bonds. The van der Waals surface area contributed by atoms with Crippen LogP contribution in [0.25, 0.3) is 10.9 Å². The van der Waals surface area contributed by atoms with Gasteiger partial charge in [-0.25, -0.2) is 0 Å². The molecule has 14 heavy (non-hydrogen) atoms. The Kier molecular flexibility index (Phi) is 2.52. The van der Waals surface area contributed by atoms with Crippen LogP contribution in [-0.2, 0) is 4.74 Å². The number of fused-ring (bicyclic) bond motifs is 1. The van der Waals surface area contributed by atoms with Gasteiger partial charge in [-0.15, -0.1) is 0 Å². The van der Waals surface area contributed by atoms with Crippen molar-refractivity contribution in [3.63, 3.8) is 0 Å². The number of ether oxygens (including phenoxy) is 1. The molecular formula is C11H14N2O. The molecular weight excluding hydrogens is 176 g/mol. The first-order chi connectivity index (χ1) is 6.81. The molecule has 1 unspecified atom stereocenters. The lowest BCUT2D eigenvalue weighted by atomic mass is 10.2. The number of benzene rings is 1. The molecule has 3 nitrogen and oxygen atoms in total. The topological polar surface area (TPSA) is 51.0 Å². The van der Waals surface area contributed by atoms with E-state index in [4.69, 9.17) is 10.5 Å². The van der Waals surface area contributed by atoms with Crippen LogP contribution in [0, 0.1) is 0 Å². The summed E-state index contributed by atoms with van der Waals surface area (Å²) in [4.78, 5) is 3.28. The number of aromatic amines is 1. The Balaban J connectivity index is 2.35. The second kappa shape index (κ2) is 3.82. The van der Waals surface area contributed by atoms with Crippen molar-refractivity contribution in [2.45, 2.75) is 6.04 Å². The van der Waals surface area contributed by atoms with E-state index in [2.05, 4.69) is 17.1 Å². The van der Waals surface area contributed by atoms with Gasteiger partial charge in [0.05, 0.1) is 12.6 Å². The number of hydrogen-bond donors (Lipinski definition) is 2. The zero-order valence-corrected chi connectivity index (χ0v) is 8.16. The van der Waals surface area contributed by atoms with Crippen molar-refractivity contribution in [1.82, 2.24) is 4.98 Å². The van der Waals surface area contributed by atoms with Crippen molar-refractivity contribution in [3.05, 3.63) is 36.0 Å². The normalized spacial score (nSPS) is 13.3. The fraction of sp³-hybridized carbons (Fsp3) is 0.273. The predicted molar refractivity (Wildman–Crippen MR) is 57.1 cm³/mol. The Bertz CT molecular complexity index is 389. The third kappa shape index (κ3) is 1.64. The van der Waals surface area contributed by atoms with Crippen molar-refractivity contribution in [2.24, 2.45) is 5.73 Å². The van der Waals surface area contributed by atoms with E-state index in [1.165, 1.54) is 5.39 Å². The summed E-state index contributed by atoms with van der Waals surface area (Å²) in [5.41, 5.74) is 8.05. The number of aromatic nitrogens is 1. The minimum absolute atomic E-state index is 0.0765. The number of H-pyrrole nitrogens is 1. The van der Waals surface area contributed by atoms with Crippen molar-refractivity contribution < 1.29 is 4.74 Å². The van der Waals surface area contributed by atoms with Gasteiger partial charge in [0, 0.05) is 18.3 Å². The minimum atomic E-state index is -0.0765. The molecule has 0 radical (unpaired) electrons. The smallest absolute Gasteiger partial charge is 0.0685 e. The second-order valence-electron chi connectivity index (χ2n) is 3.37. The highest BCUT2D eigenvalue weighted by Crippen LogP contribution is 2.18. The van der Waals surface area contributed by atoms with Crippen molar-refractivity contribution in [3.8, 4) is 0 Å². The molecule has 0 aliphatic rings. The quantitative estimate of drug-likeness (QED) is 0.775. The number of rotatable bonds is 3. The van der Waals surface area contributed by atoms with Crippen molar-refractivity contribution in [1.29, 1.82) is 0 Å². The molecule has 0 spiro atoms. The van der Waals surface area contributed by atoms with Crippen LogP contribution in [0.1, 0.15) is 11.7 Å². The fourth-order valence-corrected chi connectivity index (χ4v) is 1.56. The summed E-state index contributed by atoms with van der Waals surface area (Å²) in [6.07, 6.45) is 0. The SMILES string of the molecule is COCC(N)c1cc2ccccc2[nH]1. The molecule has 1 aromatic heterocycles. The molecule has 74 valence electrons. The Morgan fingerprint density at radius 3 is 2.93 bits per heavy atom. The molecule has 1 heterocycles. The van der Waals surface area contributed by atoms with Crippen molar-refractivity contribution in [2.75, 3.05) is 13.7 Å². The fourth-order valence-electron chi connectivity index (χ4n) is 1.56. The van der Waals surface area contributed by atoms with Gasteiger partial charge in [-0.3, -0.25) is 0 Å². The summed E-state index contributed by atoms with van der Waals surface area (Å²) < 4.78 is 5.01. The van der Waals surface area contributed by atoms with E-state index in [1.807, 2.05) is 18.2 Å². The first-order valence-corrected chi connectivity index (χ1v) is 4.63. The van der Waals surface area contributed by atoms with Gasteiger partial charge in [0.25, 0.3) is 0 Å². The minimum Gasteiger partial charge on any atom is -0.383 e. The van der Waals surface area contributed by atoms with Crippen LogP contribution < -0.4 is 5.73 Å². The van der Waals surface area contributed by atoms with Gasteiger partial charge in [-0.05, 0) is 17.5 Å².